The Balaban J connectivity index is 1.78. The van der Waals surface area contributed by atoms with Gasteiger partial charge in [-0.2, -0.15) is 5.10 Å². The second kappa shape index (κ2) is 7.56. The largest absolute Gasteiger partial charge is 0.258 e. The van der Waals surface area contributed by atoms with Crippen LogP contribution in [0.2, 0.25) is 0 Å². The van der Waals surface area contributed by atoms with Crippen molar-refractivity contribution < 1.29 is 12.8 Å². The van der Waals surface area contributed by atoms with E-state index in [9.17, 15) is 12.8 Å². The van der Waals surface area contributed by atoms with Gasteiger partial charge in [-0.3, -0.25) is 14.6 Å². The van der Waals surface area contributed by atoms with E-state index in [0.717, 1.165) is 6.26 Å². The Kier molecular flexibility index (Phi) is 4.94. The number of benzene rings is 1. The molecule has 0 saturated heterocycles. The van der Waals surface area contributed by atoms with Gasteiger partial charge in [-0.1, -0.05) is 24.3 Å². The minimum Gasteiger partial charge on any atom is -0.258 e. The average Bonchev–Trinajstić information content (AvgIpc) is 3.14. The van der Waals surface area contributed by atoms with E-state index >= 15 is 0 Å². The Hall–Kier alpha value is -3.39. The van der Waals surface area contributed by atoms with Crippen molar-refractivity contribution in [1.29, 1.82) is 0 Å². The highest BCUT2D eigenvalue weighted by Gasteiger charge is 2.16. The Morgan fingerprint density at radius 3 is 2.38 bits per heavy atom. The fourth-order valence-corrected chi connectivity index (χ4v) is 3.48. The highest BCUT2D eigenvalue weighted by Crippen LogP contribution is 2.25. The fraction of sp³-hybridized carbons (Fsp3) is 0.0952. The minimum atomic E-state index is -3.33. The molecule has 0 radical (unpaired) electrons. The number of hydrogen-bond donors (Lipinski definition) is 0. The molecule has 0 aliphatic carbocycles. The lowest BCUT2D eigenvalue weighted by molar-refractivity contribution is 0.587. The van der Waals surface area contributed by atoms with Gasteiger partial charge in [0.1, 0.15) is 11.5 Å². The normalized spacial score (nSPS) is 11.5. The van der Waals surface area contributed by atoms with Gasteiger partial charge in [0.15, 0.2) is 9.84 Å². The SMILES string of the molecule is CS(=O)(=O)c1ccc(-c2cc(-c3ccccn3)n(Cc3ccccc3F)n2)nc1. The van der Waals surface area contributed by atoms with E-state index in [1.807, 2.05) is 24.3 Å². The molecule has 0 amide bonds. The van der Waals surface area contributed by atoms with Crippen LogP contribution in [0.25, 0.3) is 22.8 Å². The first-order valence-corrected chi connectivity index (χ1v) is 10.7. The molecule has 0 aliphatic heterocycles. The summed E-state index contributed by atoms with van der Waals surface area (Å²) in [6, 6.07) is 17.0. The summed E-state index contributed by atoms with van der Waals surface area (Å²) in [5, 5.41) is 4.58. The van der Waals surface area contributed by atoms with Gasteiger partial charge >= 0.3 is 0 Å². The Morgan fingerprint density at radius 2 is 1.72 bits per heavy atom. The highest BCUT2D eigenvalue weighted by molar-refractivity contribution is 7.90. The molecule has 3 heterocycles. The molecule has 29 heavy (non-hydrogen) atoms. The van der Waals surface area contributed by atoms with Crippen molar-refractivity contribution in [3.05, 3.63) is 84.4 Å². The molecular formula is C21H17FN4O2S. The third-order valence-corrected chi connectivity index (χ3v) is 5.51. The smallest absolute Gasteiger partial charge is 0.177 e. The van der Waals surface area contributed by atoms with Crippen LogP contribution in [0.5, 0.6) is 0 Å². The number of halogens is 1. The lowest BCUT2D eigenvalue weighted by atomic mass is 10.2. The molecule has 6 nitrogen and oxygen atoms in total. The van der Waals surface area contributed by atoms with Crippen LogP contribution in [0.3, 0.4) is 0 Å². The first-order valence-electron chi connectivity index (χ1n) is 8.81. The van der Waals surface area contributed by atoms with E-state index in [0.29, 0.717) is 28.3 Å². The van der Waals surface area contributed by atoms with Gasteiger partial charge < -0.3 is 0 Å². The van der Waals surface area contributed by atoms with Crippen molar-refractivity contribution in [1.82, 2.24) is 19.7 Å². The number of nitrogens with zero attached hydrogens (tertiary/aromatic N) is 4. The third kappa shape index (κ3) is 4.07. The van der Waals surface area contributed by atoms with Gasteiger partial charge in [0, 0.05) is 24.2 Å². The molecule has 0 fully saturated rings. The minimum absolute atomic E-state index is 0.136. The number of sulfone groups is 1. The van der Waals surface area contributed by atoms with E-state index in [2.05, 4.69) is 15.1 Å². The maximum Gasteiger partial charge on any atom is 0.177 e. The van der Waals surface area contributed by atoms with Crippen LogP contribution in [0.15, 0.2) is 78.0 Å². The number of rotatable bonds is 5. The van der Waals surface area contributed by atoms with Gasteiger partial charge in [0.25, 0.3) is 0 Å². The molecule has 4 rings (SSSR count). The van der Waals surface area contributed by atoms with Crippen molar-refractivity contribution in [2.24, 2.45) is 0 Å². The summed E-state index contributed by atoms with van der Waals surface area (Å²) in [5.74, 6) is -0.313. The molecule has 0 unspecified atom stereocenters. The zero-order valence-electron chi connectivity index (χ0n) is 15.5. The summed E-state index contributed by atoms with van der Waals surface area (Å²) < 4.78 is 39.1. The van der Waals surface area contributed by atoms with E-state index < -0.39 is 9.84 Å². The lowest BCUT2D eigenvalue weighted by Crippen LogP contribution is -2.06. The van der Waals surface area contributed by atoms with Crippen LogP contribution in [-0.4, -0.2) is 34.4 Å². The predicted molar refractivity (Wildman–Crippen MR) is 107 cm³/mol. The van der Waals surface area contributed by atoms with Gasteiger partial charge in [0.2, 0.25) is 0 Å². The van der Waals surface area contributed by atoms with Gasteiger partial charge in [-0.15, -0.1) is 0 Å². The number of pyridine rings is 2. The zero-order valence-corrected chi connectivity index (χ0v) is 16.3. The molecule has 0 saturated carbocycles. The van der Waals surface area contributed by atoms with E-state index in [1.165, 1.54) is 18.3 Å². The molecule has 3 aromatic heterocycles. The summed E-state index contributed by atoms with van der Waals surface area (Å²) in [5.41, 5.74) is 2.96. The lowest BCUT2D eigenvalue weighted by Gasteiger charge is -2.08. The molecule has 0 atom stereocenters. The van der Waals surface area contributed by atoms with Crippen molar-refractivity contribution in [2.45, 2.75) is 11.4 Å². The second-order valence-electron chi connectivity index (χ2n) is 6.53. The van der Waals surface area contributed by atoms with Crippen molar-refractivity contribution in [3.8, 4) is 22.8 Å². The molecular weight excluding hydrogens is 391 g/mol. The summed E-state index contributed by atoms with van der Waals surface area (Å²) in [6.07, 6.45) is 4.11. The zero-order chi connectivity index (χ0) is 20.4. The molecule has 8 heteroatoms. The van der Waals surface area contributed by atoms with Crippen LogP contribution in [-0.2, 0) is 16.4 Å². The topological polar surface area (TPSA) is 77.7 Å². The monoisotopic (exact) mass is 408 g/mol. The molecule has 4 aromatic rings. The first kappa shape index (κ1) is 18.9. The van der Waals surface area contributed by atoms with Gasteiger partial charge in [0.05, 0.1) is 28.5 Å². The van der Waals surface area contributed by atoms with E-state index in [-0.39, 0.29) is 17.3 Å². The van der Waals surface area contributed by atoms with Crippen LogP contribution >= 0.6 is 0 Å². The second-order valence-corrected chi connectivity index (χ2v) is 8.55. The average molecular weight is 408 g/mol. The Morgan fingerprint density at radius 1 is 0.931 bits per heavy atom. The summed E-state index contributed by atoms with van der Waals surface area (Å²) in [6.45, 7) is 0.222. The Labute approximate surface area is 167 Å². The quantitative estimate of drug-likeness (QED) is 0.504. The molecule has 0 spiro atoms. The van der Waals surface area contributed by atoms with Crippen LogP contribution in [0.1, 0.15) is 5.56 Å². The molecule has 1 aromatic carbocycles. The highest BCUT2D eigenvalue weighted by atomic mass is 32.2. The van der Waals surface area contributed by atoms with Crippen molar-refractivity contribution in [2.75, 3.05) is 6.26 Å². The summed E-state index contributed by atoms with van der Waals surface area (Å²) in [4.78, 5) is 8.75. The van der Waals surface area contributed by atoms with E-state index in [1.54, 1.807) is 35.1 Å². The Bertz CT molecular complexity index is 1250. The standard InChI is InChI=1S/C21H17FN4O2S/c1-29(27,28)16-9-10-18(24-13-16)20-12-21(19-8-4-5-11-23-19)26(25-20)14-15-6-2-3-7-17(15)22/h2-13H,14H2,1H3. The number of aromatic nitrogens is 4. The van der Waals surface area contributed by atoms with Crippen molar-refractivity contribution in [3.63, 3.8) is 0 Å². The fourth-order valence-electron chi connectivity index (χ4n) is 2.92. The van der Waals surface area contributed by atoms with Crippen LogP contribution in [0, 0.1) is 5.82 Å². The maximum absolute atomic E-state index is 14.2. The van der Waals surface area contributed by atoms with Crippen LogP contribution < -0.4 is 0 Å². The molecule has 0 N–H and O–H groups in total. The summed E-state index contributed by atoms with van der Waals surface area (Å²) in [7, 11) is -3.33. The molecule has 146 valence electrons. The molecule has 0 aliphatic rings. The molecule has 0 bridgehead atoms. The predicted octanol–water partition coefficient (Wildman–Crippen LogP) is 3.60. The summed E-state index contributed by atoms with van der Waals surface area (Å²) >= 11 is 0. The first-order chi connectivity index (χ1) is 13.9. The van der Waals surface area contributed by atoms with Crippen molar-refractivity contribution >= 4 is 9.84 Å². The third-order valence-electron chi connectivity index (χ3n) is 4.41. The maximum atomic E-state index is 14.2. The van der Waals surface area contributed by atoms with E-state index in [4.69, 9.17) is 0 Å². The van der Waals surface area contributed by atoms with Gasteiger partial charge in [-0.05, 0) is 36.4 Å². The number of hydrogen-bond acceptors (Lipinski definition) is 5. The van der Waals surface area contributed by atoms with Gasteiger partial charge in [-0.25, -0.2) is 12.8 Å². The van der Waals surface area contributed by atoms with Crippen LogP contribution in [0.4, 0.5) is 4.39 Å².